The van der Waals surface area contributed by atoms with E-state index in [0.29, 0.717) is 6.54 Å². The van der Waals surface area contributed by atoms with Crippen molar-refractivity contribution in [2.75, 3.05) is 6.54 Å². The average molecular weight is 186 g/mol. The van der Waals surface area contributed by atoms with Crippen LogP contribution in [0.3, 0.4) is 0 Å². The molecular weight excluding hydrogens is 172 g/mol. The van der Waals surface area contributed by atoms with Crippen molar-refractivity contribution in [3.05, 3.63) is 48.0 Å². The molecule has 0 spiro atoms. The van der Waals surface area contributed by atoms with Gasteiger partial charge in [-0.2, -0.15) is 0 Å². The maximum Gasteiger partial charge on any atom is 0.0419 e. The summed E-state index contributed by atoms with van der Waals surface area (Å²) in [5.74, 6) is 0. The molecule has 2 heteroatoms. The summed E-state index contributed by atoms with van der Waals surface area (Å²) in [5, 5.41) is 2.45. The molecule has 2 rings (SSSR count). The van der Waals surface area contributed by atoms with Crippen molar-refractivity contribution in [1.29, 1.82) is 0 Å². The zero-order valence-corrected chi connectivity index (χ0v) is 7.98. The van der Waals surface area contributed by atoms with E-state index in [9.17, 15) is 0 Å². The van der Waals surface area contributed by atoms with Gasteiger partial charge in [0.1, 0.15) is 0 Å². The normalized spacial score (nSPS) is 13.0. The third-order valence-corrected chi connectivity index (χ3v) is 2.46. The fraction of sp³-hybridized carbons (Fsp3) is 0.167. The molecule has 0 saturated carbocycles. The summed E-state index contributed by atoms with van der Waals surface area (Å²) >= 11 is 0. The van der Waals surface area contributed by atoms with E-state index in [1.54, 1.807) is 0 Å². The smallest absolute Gasteiger partial charge is 0.0419 e. The number of hydrogen-bond donors (Lipinski definition) is 2. The minimum absolute atomic E-state index is 0.0559. The molecule has 2 aromatic carbocycles. The summed E-state index contributed by atoms with van der Waals surface area (Å²) in [6.45, 7) is 0.484. The van der Waals surface area contributed by atoms with Crippen LogP contribution in [0.1, 0.15) is 11.6 Å². The van der Waals surface area contributed by atoms with Gasteiger partial charge in [-0.05, 0) is 22.4 Å². The van der Waals surface area contributed by atoms with E-state index in [-0.39, 0.29) is 6.04 Å². The van der Waals surface area contributed by atoms with Crippen molar-refractivity contribution in [3.63, 3.8) is 0 Å². The van der Waals surface area contributed by atoms with Gasteiger partial charge >= 0.3 is 0 Å². The molecule has 0 saturated heterocycles. The lowest BCUT2D eigenvalue weighted by Gasteiger charge is -2.09. The summed E-state index contributed by atoms with van der Waals surface area (Å²) in [6, 6.07) is 14.4. The highest BCUT2D eigenvalue weighted by Gasteiger charge is 2.03. The quantitative estimate of drug-likeness (QED) is 0.751. The molecule has 0 radical (unpaired) electrons. The van der Waals surface area contributed by atoms with Gasteiger partial charge in [0.2, 0.25) is 0 Å². The zero-order valence-electron chi connectivity index (χ0n) is 7.98. The maximum atomic E-state index is 5.86. The van der Waals surface area contributed by atoms with E-state index >= 15 is 0 Å². The summed E-state index contributed by atoms with van der Waals surface area (Å²) in [6.07, 6.45) is 0. The molecule has 0 aliphatic heterocycles. The molecular formula is C12H14N2. The van der Waals surface area contributed by atoms with Gasteiger partial charge < -0.3 is 11.5 Å². The first-order valence-corrected chi connectivity index (χ1v) is 4.75. The highest BCUT2D eigenvalue weighted by molar-refractivity contribution is 5.83. The lowest BCUT2D eigenvalue weighted by Crippen LogP contribution is -2.20. The van der Waals surface area contributed by atoms with Crippen molar-refractivity contribution in [2.24, 2.45) is 11.5 Å². The molecule has 72 valence electrons. The Morgan fingerprint density at radius 1 is 1.00 bits per heavy atom. The standard InChI is InChI=1S/C12H14N2/c13-8-12(14)11-6-5-9-3-1-2-4-10(9)7-11/h1-7,12H,8,13-14H2/t12-/m0/s1. The van der Waals surface area contributed by atoms with Crippen molar-refractivity contribution in [3.8, 4) is 0 Å². The minimum atomic E-state index is -0.0559. The second-order valence-electron chi connectivity index (χ2n) is 3.45. The van der Waals surface area contributed by atoms with E-state index in [4.69, 9.17) is 11.5 Å². The predicted molar refractivity (Wildman–Crippen MR) is 59.9 cm³/mol. The monoisotopic (exact) mass is 186 g/mol. The Hall–Kier alpha value is -1.38. The lowest BCUT2D eigenvalue weighted by atomic mass is 10.0. The van der Waals surface area contributed by atoms with Crippen LogP contribution in [-0.2, 0) is 0 Å². The summed E-state index contributed by atoms with van der Waals surface area (Å²) in [5.41, 5.74) is 12.5. The largest absolute Gasteiger partial charge is 0.329 e. The van der Waals surface area contributed by atoms with Crippen LogP contribution in [0.25, 0.3) is 10.8 Å². The van der Waals surface area contributed by atoms with E-state index in [2.05, 4.69) is 24.3 Å². The van der Waals surface area contributed by atoms with E-state index in [1.165, 1.54) is 10.8 Å². The molecule has 0 aromatic heterocycles. The Morgan fingerprint density at radius 3 is 2.43 bits per heavy atom. The number of rotatable bonds is 2. The van der Waals surface area contributed by atoms with Gasteiger partial charge in [-0.15, -0.1) is 0 Å². The van der Waals surface area contributed by atoms with Crippen LogP contribution in [0.4, 0.5) is 0 Å². The number of fused-ring (bicyclic) bond motifs is 1. The second-order valence-corrected chi connectivity index (χ2v) is 3.45. The van der Waals surface area contributed by atoms with Gasteiger partial charge in [0.05, 0.1) is 0 Å². The van der Waals surface area contributed by atoms with Gasteiger partial charge in [-0.1, -0.05) is 36.4 Å². The summed E-state index contributed by atoms with van der Waals surface area (Å²) in [7, 11) is 0. The number of benzene rings is 2. The van der Waals surface area contributed by atoms with Gasteiger partial charge in [-0.25, -0.2) is 0 Å². The van der Waals surface area contributed by atoms with Crippen LogP contribution in [0.5, 0.6) is 0 Å². The molecule has 2 aromatic rings. The molecule has 1 atom stereocenters. The van der Waals surface area contributed by atoms with Gasteiger partial charge in [0.15, 0.2) is 0 Å². The summed E-state index contributed by atoms with van der Waals surface area (Å²) < 4.78 is 0. The molecule has 0 unspecified atom stereocenters. The fourth-order valence-corrected chi connectivity index (χ4v) is 1.57. The SMILES string of the molecule is NC[C@H](N)c1ccc2ccccc2c1. The number of nitrogens with two attached hydrogens (primary N) is 2. The lowest BCUT2D eigenvalue weighted by molar-refractivity contribution is 0.738. The topological polar surface area (TPSA) is 52.0 Å². The zero-order chi connectivity index (χ0) is 9.97. The van der Waals surface area contributed by atoms with Gasteiger partial charge in [0, 0.05) is 12.6 Å². The highest BCUT2D eigenvalue weighted by atomic mass is 14.7. The van der Waals surface area contributed by atoms with E-state index in [1.807, 2.05) is 18.2 Å². The van der Waals surface area contributed by atoms with Crippen molar-refractivity contribution < 1.29 is 0 Å². The molecule has 14 heavy (non-hydrogen) atoms. The Labute approximate surface area is 83.5 Å². The molecule has 4 N–H and O–H groups in total. The van der Waals surface area contributed by atoms with E-state index in [0.717, 1.165) is 5.56 Å². The van der Waals surface area contributed by atoms with Crippen molar-refractivity contribution >= 4 is 10.8 Å². The van der Waals surface area contributed by atoms with Crippen LogP contribution < -0.4 is 11.5 Å². The van der Waals surface area contributed by atoms with Crippen LogP contribution >= 0.6 is 0 Å². The Bertz CT molecular complexity index is 437. The molecule has 0 amide bonds. The Balaban J connectivity index is 2.51. The minimum Gasteiger partial charge on any atom is -0.329 e. The van der Waals surface area contributed by atoms with Gasteiger partial charge in [-0.3, -0.25) is 0 Å². The first kappa shape index (κ1) is 9.19. The van der Waals surface area contributed by atoms with Crippen molar-refractivity contribution in [1.82, 2.24) is 0 Å². The molecule has 0 aliphatic carbocycles. The molecule has 0 heterocycles. The number of hydrogen-bond acceptors (Lipinski definition) is 2. The Morgan fingerprint density at radius 2 is 1.71 bits per heavy atom. The predicted octanol–water partition coefficient (Wildman–Crippen LogP) is 1.80. The Kier molecular flexibility index (Phi) is 2.48. The highest BCUT2D eigenvalue weighted by Crippen LogP contribution is 2.18. The van der Waals surface area contributed by atoms with E-state index < -0.39 is 0 Å². The molecule has 0 fully saturated rings. The average Bonchev–Trinajstić information content (AvgIpc) is 2.27. The third-order valence-electron chi connectivity index (χ3n) is 2.46. The van der Waals surface area contributed by atoms with Crippen LogP contribution in [0.15, 0.2) is 42.5 Å². The maximum absolute atomic E-state index is 5.86. The first-order chi connectivity index (χ1) is 6.81. The second kappa shape index (κ2) is 3.78. The molecule has 0 bridgehead atoms. The van der Waals surface area contributed by atoms with Crippen LogP contribution in [0.2, 0.25) is 0 Å². The van der Waals surface area contributed by atoms with Crippen molar-refractivity contribution in [2.45, 2.75) is 6.04 Å². The fourth-order valence-electron chi connectivity index (χ4n) is 1.57. The summed E-state index contributed by atoms with van der Waals surface area (Å²) in [4.78, 5) is 0. The molecule has 0 aliphatic rings. The first-order valence-electron chi connectivity index (χ1n) is 4.75. The van der Waals surface area contributed by atoms with Crippen LogP contribution in [0, 0.1) is 0 Å². The van der Waals surface area contributed by atoms with Crippen LogP contribution in [-0.4, -0.2) is 6.54 Å². The molecule has 2 nitrogen and oxygen atoms in total. The third kappa shape index (κ3) is 1.62. The van der Waals surface area contributed by atoms with Gasteiger partial charge in [0.25, 0.3) is 0 Å².